The second kappa shape index (κ2) is 4.28. The summed E-state index contributed by atoms with van der Waals surface area (Å²) in [6.45, 7) is 0.504. The van der Waals surface area contributed by atoms with Crippen LogP contribution in [0.3, 0.4) is 0 Å². The fraction of sp³-hybridized carbons (Fsp3) is 0.900. The average molecular weight is 199 g/mol. The maximum Gasteiger partial charge on any atom is 0.323 e. The zero-order valence-electron chi connectivity index (χ0n) is 8.24. The van der Waals surface area contributed by atoms with Gasteiger partial charge in [-0.25, -0.2) is 0 Å². The summed E-state index contributed by atoms with van der Waals surface area (Å²) in [5.74, 6) is -0.187. The lowest BCUT2D eigenvalue weighted by Gasteiger charge is -2.14. The van der Waals surface area contributed by atoms with Crippen molar-refractivity contribution in [1.29, 1.82) is 0 Å². The van der Waals surface area contributed by atoms with E-state index in [9.17, 15) is 9.90 Å². The number of aliphatic hydroxyl groups is 1. The minimum absolute atomic E-state index is 0.127. The maximum absolute atomic E-state index is 11.6. The van der Waals surface area contributed by atoms with Gasteiger partial charge in [-0.2, -0.15) is 0 Å². The van der Waals surface area contributed by atoms with Gasteiger partial charge in [-0.15, -0.1) is 0 Å². The molecule has 0 aromatic rings. The Kier molecular flexibility index (Phi) is 3.03. The van der Waals surface area contributed by atoms with Crippen LogP contribution in [0.5, 0.6) is 0 Å². The van der Waals surface area contributed by atoms with E-state index < -0.39 is 6.10 Å². The molecule has 4 heteroatoms. The summed E-state index contributed by atoms with van der Waals surface area (Å²) < 4.78 is 5.33. The van der Waals surface area contributed by atoms with Crippen molar-refractivity contribution in [3.63, 3.8) is 0 Å². The quantitative estimate of drug-likeness (QED) is 0.623. The molecule has 80 valence electrons. The number of nitrogens with one attached hydrogen (secondary N) is 1. The van der Waals surface area contributed by atoms with E-state index in [1.807, 2.05) is 0 Å². The van der Waals surface area contributed by atoms with Crippen LogP contribution in [0, 0.1) is 0 Å². The van der Waals surface area contributed by atoms with Crippen molar-refractivity contribution in [3.8, 4) is 0 Å². The first kappa shape index (κ1) is 9.93. The summed E-state index contributed by atoms with van der Waals surface area (Å²) in [5.41, 5.74) is 0. The van der Waals surface area contributed by atoms with Crippen LogP contribution >= 0.6 is 0 Å². The highest BCUT2D eigenvalue weighted by Gasteiger charge is 2.31. The summed E-state index contributed by atoms with van der Waals surface area (Å²) >= 11 is 0. The normalized spacial score (nSPS) is 33.5. The standard InChI is InChI=1S/C10H17NO3/c12-7-5-9(11-6-7)10(13)14-8-3-1-2-4-8/h7-9,11-12H,1-6H2/t7-,9+/m1/s1. The molecule has 2 fully saturated rings. The summed E-state index contributed by atoms with van der Waals surface area (Å²) in [6.07, 6.45) is 4.56. The van der Waals surface area contributed by atoms with Gasteiger partial charge in [0, 0.05) is 13.0 Å². The second-order valence-corrected chi connectivity index (χ2v) is 4.19. The molecule has 0 unspecified atom stereocenters. The zero-order chi connectivity index (χ0) is 9.97. The Balaban J connectivity index is 1.77. The molecular formula is C10H17NO3. The molecule has 2 rings (SSSR count). The van der Waals surface area contributed by atoms with Crippen LogP contribution in [0.1, 0.15) is 32.1 Å². The van der Waals surface area contributed by atoms with Crippen LogP contribution < -0.4 is 5.32 Å². The minimum Gasteiger partial charge on any atom is -0.461 e. The van der Waals surface area contributed by atoms with Gasteiger partial charge in [0.2, 0.25) is 0 Å². The lowest BCUT2D eigenvalue weighted by atomic mass is 10.2. The zero-order valence-corrected chi connectivity index (χ0v) is 8.24. The van der Waals surface area contributed by atoms with Crippen LogP contribution in [0.2, 0.25) is 0 Å². The molecule has 0 amide bonds. The number of rotatable bonds is 2. The van der Waals surface area contributed by atoms with Crippen molar-refractivity contribution in [2.45, 2.75) is 50.4 Å². The first-order valence-electron chi connectivity index (χ1n) is 5.37. The van der Waals surface area contributed by atoms with Crippen LogP contribution in [-0.2, 0) is 9.53 Å². The number of esters is 1. The molecule has 1 saturated heterocycles. The van der Waals surface area contributed by atoms with Gasteiger partial charge < -0.3 is 15.2 Å². The molecule has 0 aromatic carbocycles. The number of carbonyl (C=O) groups is 1. The SMILES string of the molecule is O=C(OC1CCCC1)[C@@H]1C[C@@H](O)CN1. The molecule has 1 aliphatic heterocycles. The monoisotopic (exact) mass is 199 g/mol. The van der Waals surface area contributed by atoms with Gasteiger partial charge in [-0.1, -0.05) is 0 Å². The molecule has 2 aliphatic rings. The Hall–Kier alpha value is -0.610. The highest BCUT2D eigenvalue weighted by Crippen LogP contribution is 2.22. The van der Waals surface area contributed by atoms with Crippen molar-refractivity contribution in [2.75, 3.05) is 6.54 Å². The van der Waals surface area contributed by atoms with Gasteiger partial charge >= 0.3 is 5.97 Å². The van der Waals surface area contributed by atoms with E-state index in [-0.39, 0.29) is 18.1 Å². The molecule has 0 spiro atoms. The Morgan fingerprint density at radius 2 is 2.07 bits per heavy atom. The van der Waals surface area contributed by atoms with E-state index in [1.165, 1.54) is 12.8 Å². The lowest BCUT2D eigenvalue weighted by molar-refractivity contribution is -0.151. The fourth-order valence-electron chi connectivity index (χ4n) is 2.15. The van der Waals surface area contributed by atoms with E-state index in [2.05, 4.69) is 5.32 Å². The number of carbonyl (C=O) groups excluding carboxylic acids is 1. The minimum atomic E-state index is -0.392. The third-order valence-electron chi connectivity index (χ3n) is 2.98. The van der Waals surface area contributed by atoms with Gasteiger partial charge in [0.05, 0.1) is 6.10 Å². The van der Waals surface area contributed by atoms with Gasteiger partial charge in [-0.3, -0.25) is 4.79 Å². The number of ether oxygens (including phenoxy) is 1. The number of β-amino-alcohol motifs (C(OH)–C–C–N with tert-alkyl or cyclic N) is 1. The average Bonchev–Trinajstić information content (AvgIpc) is 2.75. The van der Waals surface area contributed by atoms with E-state index >= 15 is 0 Å². The lowest BCUT2D eigenvalue weighted by Crippen LogP contribution is -2.34. The topological polar surface area (TPSA) is 58.6 Å². The van der Waals surface area contributed by atoms with Crippen molar-refractivity contribution in [1.82, 2.24) is 5.32 Å². The van der Waals surface area contributed by atoms with Gasteiger partial charge in [0.25, 0.3) is 0 Å². The molecule has 4 nitrogen and oxygen atoms in total. The number of hydrogen-bond donors (Lipinski definition) is 2. The second-order valence-electron chi connectivity index (χ2n) is 4.19. The van der Waals surface area contributed by atoms with Crippen LogP contribution in [-0.4, -0.2) is 35.9 Å². The highest BCUT2D eigenvalue weighted by molar-refractivity contribution is 5.76. The molecule has 2 atom stereocenters. The summed E-state index contributed by atoms with van der Waals surface area (Å²) in [7, 11) is 0. The van der Waals surface area contributed by atoms with Gasteiger partial charge in [-0.05, 0) is 25.7 Å². The molecule has 1 aliphatic carbocycles. The Morgan fingerprint density at radius 3 is 2.64 bits per heavy atom. The summed E-state index contributed by atoms with van der Waals surface area (Å²) in [4.78, 5) is 11.6. The summed E-state index contributed by atoms with van der Waals surface area (Å²) in [6, 6.07) is -0.286. The molecule has 2 N–H and O–H groups in total. The Morgan fingerprint density at radius 1 is 1.36 bits per heavy atom. The third-order valence-corrected chi connectivity index (χ3v) is 2.98. The number of hydrogen-bond acceptors (Lipinski definition) is 4. The third kappa shape index (κ3) is 2.25. The van der Waals surface area contributed by atoms with Crippen molar-refractivity contribution >= 4 is 5.97 Å². The van der Waals surface area contributed by atoms with Crippen LogP contribution in [0.4, 0.5) is 0 Å². The van der Waals surface area contributed by atoms with E-state index in [4.69, 9.17) is 4.74 Å². The van der Waals surface area contributed by atoms with Gasteiger partial charge in [0.1, 0.15) is 12.1 Å². The molecule has 14 heavy (non-hydrogen) atoms. The van der Waals surface area contributed by atoms with Crippen LogP contribution in [0.25, 0.3) is 0 Å². The molecule has 1 heterocycles. The fourth-order valence-corrected chi connectivity index (χ4v) is 2.15. The predicted molar refractivity (Wildman–Crippen MR) is 50.8 cm³/mol. The van der Waals surface area contributed by atoms with Crippen molar-refractivity contribution < 1.29 is 14.6 Å². The largest absolute Gasteiger partial charge is 0.461 e. The highest BCUT2D eigenvalue weighted by atomic mass is 16.5. The molecular weight excluding hydrogens is 182 g/mol. The summed E-state index contributed by atoms with van der Waals surface area (Å²) in [5, 5.41) is 12.2. The smallest absolute Gasteiger partial charge is 0.323 e. The molecule has 0 aromatic heterocycles. The Labute approximate surface area is 83.6 Å². The van der Waals surface area contributed by atoms with E-state index in [1.54, 1.807) is 0 Å². The van der Waals surface area contributed by atoms with Crippen LogP contribution in [0.15, 0.2) is 0 Å². The first-order valence-corrected chi connectivity index (χ1v) is 5.37. The number of aliphatic hydroxyl groups excluding tert-OH is 1. The van der Waals surface area contributed by atoms with E-state index in [0.29, 0.717) is 13.0 Å². The molecule has 1 saturated carbocycles. The van der Waals surface area contributed by atoms with E-state index in [0.717, 1.165) is 12.8 Å². The molecule has 0 radical (unpaired) electrons. The first-order chi connectivity index (χ1) is 6.75. The predicted octanol–water partition coefficient (Wildman–Crippen LogP) is 0.195. The Bertz CT molecular complexity index is 213. The maximum atomic E-state index is 11.6. The molecule has 0 bridgehead atoms. The van der Waals surface area contributed by atoms with Crippen molar-refractivity contribution in [2.24, 2.45) is 0 Å². The van der Waals surface area contributed by atoms with Crippen molar-refractivity contribution in [3.05, 3.63) is 0 Å². The van der Waals surface area contributed by atoms with Gasteiger partial charge in [0.15, 0.2) is 0 Å².